The van der Waals surface area contributed by atoms with Gasteiger partial charge in [-0.3, -0.25) is 4.79 Å². The molecule has 0 saturated heterocycles. The van der Waals surface area contributed by atoms with Crippen molar-refractivity contribution in [3.63, 3.8) is 0 Å². The normalized spacial score (nSPS) is 16.4. The van der Waals surface area contributed by atoms with Crippen molar-refractivity contribution in [2.45, 2.75) is 46.1 Å². The lowest BCUT2D eigenvalue weighted by molar-refractivity contribution is -0.141. The average Bonchev–Trinajstić information content (AvgIpc) is 3.08. The Balaban J connectivity index is 2.31. The highest BCUT2D eigenvalue weighted by atomic mass is 16.4. The van der Waals surface area contributed by atoms with Crippen molar-refractivity contribution in [2.24, 2.45) is 11.8 Å². The Labute approximate surface area is 109 Å². The first-order valence-electron chi connectivity index (χ1n) is 6.69. The molecule has 0 spiro atoms. The summed E-state index contributed by atoms with van der Waals surface area (Å²) in [7, 11) is 0. The van der Waals surface area contributed by atoms with Gasteiger partial charge in [0, 0.05) is 19.1 Å². The van der Waals surface area contributed by atoms with Crippen LogP contribution < -0.4 is 5.32 Å². The zero-order valence-corrected chi connectivity index (χ0v) is 11.5. The van der Waals surface area contributed by atoms with Gasteiger partial charge in [-0.1, -0.05) is 20.8 Å². The Morgan fingerprint density at radius 3 is 2.39 bits per heavy atom. The van der Waals surface area contributed by atoms with E-state index in [2.05, 4.69) is 19.2 Å². The van der Waals surface area contributed by atoms with Gasteiger partial charge in [0.2, 0.25) is 0 Å². The van der Waals surface area contributed by atoms with Gasteiger partial charge in [0.05, 0.1) is 5.92 Å². The van der Waals surface area contributed by atoms with E-state index in [-0.39, 0.29) is 6.03 Å². The van der Waals surface area contributed by atoms with Gasteiger partial charge in [-0.15, -0.1) is 0 Å². The van der Waals surface area contributed by atoms with E-state index in [1.165, 1.54) is 0 Å². The van der Waals surface area contributed by atoms with Gasteiger partial charge in [-0.25, -0.2) is 4.79 Å². The lowest BCUT2D eigenvalue weighted by Gasteiger charge is -2.24. The maximum Gasteiger partial charge on any atom is 0.317 e. The van der Waals surface area contributed by atoms with E-state index in [0.717, 1.165) is 19.4 Å². The molecule has 18 heavy (non-hydrogen) atoms. The van der Waals surface area contributed by atoms with Gasteiger partial charge in [-0.05, 0) is 25.2 Å². The van der Waals surface area contributed by atoms with E-state index in [9.17, 15) is 9.59 Å². The lowest BCUT2D eigenvalue weighted by atomic mass is 10.1. The van der Waals surface area contributed by atoms with Gasteiger partial charge in [-0.2, -0.15) is 0 Å². The molecule has 1 fully saturated rings. The first-order valence-corrected chi connectivity index (χ1v) is 6.69. The van der Waals surface area contributed by atoms with Gasteiger partial charge in [0.1, 0.15) is 0 Å². The number of carbonyl (C=O) groups excluding carboxylic acids is 1. The van der Waals surface area contributed by atoms with Crippen molar-refractivity contribution < 1.29 is 14.7 Å². The van der Waals surface area contributed by atoms with Crippen LogP contribution in [0.5, 0.6) is 0 Å². The van der Waals surface area contributed by atoms with Crippen molar-refractivity contribution in [1.29, 1.82) is 0 Å². The molecule has 1 rings (SSSR count). The summed E-state index contributed by atoms with van der Waals surface area (Å²) in [6.07, 6.45) is 2.65. The van der Waals surface area contributed by atoms with Crippen molar-refractivity contribution >= 4 is 12.0 Å². The first-order chi connectivity index (χ1) is 8.41. The predicted molar refractivity (Wildman–Crippen MR) is 69.4 cm³/mol. The molecule has 104 valence electrons. The monoisotopic (exact) mass is 256 g/mol. The number of hydrogen-bond acceptors (Lipinski definition) is 2. The molecule has 2 N–H and O–H groups in total. The molecule has 5 nitrogen and oxygen atoms in total. The van der Waals surface area contributed by atoms with E-state index in [0.29, 0.717) is 24.9 Å². The van der Waals surface area contributed by atoms with Gasteiger partial charge in [0.15, 0.2) is 0 Å². The van der Waals surface area contributed by atoms with Crippen molar-refractivity contribution in [3.8, 4) is 0 Å². The molecule has 0 radical (unpaired) electrons. The molecule has 0 aromatic carbocycles. The van der Waals surface area contributed by atoms with Crippen LogP contribution in [0.25, 0.3) is 0 Å². The lowest BCUT2D eigenvalue weighted by Crippen LogP contribution is -2.43. The molecule has 1 aliphatic carbocycles. The Kier molecular flexibility index (Phi) is 5.44. The van der Waals surface area contributed by atoms with Gasteiger partial charge >= 0.3 is 12.0 Å². The molecule has 1 atom stereocenters. The Hall–Kier alpha value is -1.26. The van der Waals surface area contributed by atoms with Crippen LogP contribution in [-0.4, -0.2) is 41.1 Å². The summed E-state index contributed by atoms with van der Waals surface area (Å²) in [6.45, 7) is 7.03. The Morgan fingerprint density at radius 2 is 1.94 bits per heavy atom. The maximum absolute atomic E-state index is 12.0. The van der Waals surface area contributed by atoms with Crippen LogP contribution >= 0.6 is 0 Å². The van der Waals surface area contributed by atoms with E-state index in [4.69, 9.17) is 5.11 Å². The van der Waals surface area contributed by atoms with Crippen LogP contribution in [-0.2, 0) is 4.79 Å². The van der Waals surface area contributed by atoms with Crippen LogP contribution in [0.4, 0.5) is 4.79 Å². The number of nitrogens with zero attached hydrogens (tertiary/aromatic N) is 1. The highest BCUT2D eigenvalue weighted by Gasteiger charge is 2.32. The number of nitrogens with one attached hydrogen (secondary N) is 1. The molecule has 1 aliphatic rings. The minimum Gasteiger partial charge on any atom is -0.481 e. The second-order valence-electron chi connectivity index (χ2n) is 5.54. The van der Waals surface area contributed by atoms with Crippen LogP contribution in [0, 0.1) is 11.8 Å². The number of amides is 2. The fourth-order valence-corrected chi connectivity index (χ4v) is 1.80. The zero-order chi connectivity index (χ0) is 13.7. The molecule has 0 aromatic heterocycles. The van der Waals surface area contributed by atoms with Crippen molar-refractivity contribution in [2.75, 3.05) is 13.1 Å². The molecule has 0 bridgehead atoms. The minimum atomic E-state index is -0.814. The predicted octanol–water partition coefficient (Wildman–Crippen LogP) is 1.93. The number of urea groups is 1. The van der Waals surface area contributed by atoms with Crippen LogP contribution in [0.15, 0.2) is 0 Å². The standard InChI is InChI=1S/C13H24N2O3/c1-9(2)8-15(11-4-5-11)13(18)14-7-6-10(3)12(16)17/h9-11H,4-8H2,1-3H3,(H,14,18)(H,16,17). The molecule has 5 heteroatoms. The summed E-state index contributed by atoms with van der Waals surface area (Å²) in [5.41, 5.74) is 0. The SMILES string of the molecule is CC(C)CN(C(=O)NCCC(C)C(=O)O)C1CC1. The number of carbonyl (C=O) groups is 2. The highest BCUT2D eigenvalue weighted by molar-refractivity contribution is 5.75. The highest BCUT2D eigenvalue weighted by Crippen LogP contribution is 2.27. The molecule has 1 unspecified atom stereocenters. The van der Waals surface area contributed by atoms with Crippen LogP contribution in [0.2, 0.25) is 0 Å². The third-order valence-corrected chi connectivity index (χ3v) is 3.09. The smallest absolute Gasteiger partial charge is 0.317 e. The Bertz CT molecular complexity index is 301. The molecular formula is C13H24N2O3. The second-order valence-corrected chi connectivity index (χ2v) is 5.54. The first kappa shape index (κ1) is 14.8. The summed E-state index contributed by atoms with van der Waals surface area (Å²) in [4.78, 5) is 24.5. The minimum absolute atomic E-state index is 0.0520. The van der Waals surface area contributed by atoms with E-state index >= 15 is 0 Å². The number of aliphatic carboxylic acids is 1. The topological polar surface area (TPSA) is 69.6 Å². The molecule has 0 aliphatic heterocycles. The van der Waals surface area contributed by atoms with Crippen LogP contribution in [0.1, 0.15) is 40.0 Å². The largest absolute Gasteiger partial charge is 0.481 e. The van der Waals surface area contributed by atoms with E-state index in [1.54, 1.807) is 6.92 Å². The number of hydrogen-bond donors (Lipinski definition) is 2. The van der Waals surface area contributed by atoms with E-state index in [1.807, 2.05) is 4.90 Å². The number of carboxylic acids is 1. The van der Waals surface area contributed by atoms with Gasteiger partial charge in [0.25, 0.3) is 0 Å². The quantitative estimate of drug-likeness (QED) is 0.731. The van der Waals surface area contributed by atoms with Crippen molar-refractivity contribution in [3.05, 3.63) is 0 Å². The third-order valence-electron chi connectivity index (χ3n) is 3.09. The third kappa shape index (κ3) is 4.94. The zero-order valence-electron chi connectivity index (χ0n) is 11.5. The molecular weight excluding hydrogens is 232 g/mol. The summed E-state index contributed by atoms with van der Waals surface area (Å²) in [6, 6.07) is 0.341. The molecule has 0 heterocycles. The van der Waals surface area contributed by atoms with E-state index < -0.39 is 11.9 Å². The fraction of sp³-hybridized carbons (Fsp3) is 0.846. The van der Waals surface area contributed by atoms with Crippen LogP contribution in [0.3, 0.4) is 0 Å². The maximum atomic E-state index is 12.0. The summed E-state index contributed by atoms with van der Waals surface area (Å²) in [5, 5.41) is 11.6. The fourth-order valence-electron chi connectivity index (χ4n) is 1.80. The summed E-state index contributed by atoms with van der Waals surface area (Å²) in [5.74, 6) is -0.774. The molecule has 1 saturated carbocycles. The second kappa shape index (κ2) is 6.61. The molecule has 0 aromatic rings. The van der Waals surface area contributed by atoms with Gasteiger partial charge < -0.3 is 15.3 Å². The summed E-state index contributed by atoms with van der Waals surface area (Å²) >= 11 is 0. The number of carboxylic acid groups (broad SMARTS) is 1. The average molecular weight is 256 g/mol. The number of rotatable bonds is 7. The Morgan fingerprint density at radius 1 is 1.33 bits per heavy atom. The van der Waals surface area contributed by atoms with Crippen molar-refractivity contribution in [1.82, 2.24) is 10.2 Å². The molecule has 2 amide bonds. The summed E-state index contributed by atoms with van der Waals surface area (Å²) < 4.78 is 0.